The van der Waals surface area contributed by atoms with E-state index in [2.05, 4.69) is 29.3 Å². The highest BCUT2D eigenvalue weighted by Crippen LogP contribution is 2.37. The lowest BCUT2D eigenvalue weighted by Gasteiger charge is -2.29. The molecular formula is C14H15FN2O2S. The summed E-state index contributed by atoms with van der Waals surface area (Å²) < 4.78 is 19.0. The molecule has 20 heavy (non-hydrogen) atoms. The van der Waals surface area contributed by atoms with E-state index in [1.54, 1.807) is 4.90 Å². The largest absolute Gasteiger partial charge is 0.481 e. The van der Waals surface area contributed by atoms with Crippen LogP contribution in [0.2, 0.25) is 0 Å². The number of hydrogen-bond donors (Lipinski definition) is 0. The third-order valence-electron chi connectivity index (χ3n) is 3.12. The van der Waals surface area contributed by atoms with E-state index < -0.39 is 5.82 Å². The van der Waals surface area contributed by atoms with E-state index in [9.17, 15) is 9.18 Å². The minimum Gasteiger partial charge on any atom is -0.481 e. The maximum atomic E-state index is 13.7. The van der Waals surface area contributed by atoms with E-state index in [1.807, 2.05) is 0 Å². The van der Waals surface area contributed by atoms with Gasteiger partial charge in [-0.1, -0.05) is 19.8 Å². The van der Waals surface area contributed by atoms with Crippen LogP contribution >= 0.6 is 12.2 Å². The van der Waals surface area contributed by atoms with E-state index in [0.29, 0.717) is 18.0 Å². The van der Waals surface area contributed by atoms with Crippen molar-refractivity contribution in [2.45, 2.75) is 26.2 Å². The second-order valence-electron chi connectivity index (χ2n) is 4.52. The second kappa shape index (κ2) is 6.59. The van der Waals surface area contributed by atoms with Crippen molar-refractivity contribution >= 4 is 34.7 Å². The van der Waals surface area contributed by atoms with E-state index in [0.717, 1.165) is 19.3 Å². The van der Waals surface area contributed by atoms with Gasteiger partial charge in [-0.2, -0.15) is 4.99 Å². The highest BCUT2D eigenvalue weighted by atomic mass is 32.1. The molecule has 4 nitrogen and oxygen atoms in total. The fraction of sp³-hybridized carbons (Fsp3) is 0.429. The zero-order valence-corrected chi connectivity index (χ0v) is 12.0. The lowest BCUT2D eigenvalue weighted by atomic mass is 10.1. The Kier molecular flexibility index (Phi) is 4.82. The highest BCUT2D eigenvalue weighted by molar-refractivity contribution is 7.78. The molecule has 0 saturated heterocycles. The Hall–Kier alpha value is -1.78. The molecule has 0 aliphatic carbocycles. The van der Waals surface area contributed by atoms with Crippen molar-refractivity contribution in [3.05, 3.63) is 17.9 Å². The Labute approximate surface area is 122 Å². The van der Waals surface area contributed by atoms with Crippen LogP contribution in [0.25, 0.3) is 0 Å². The number of amides is 1. The Morgan fingerprint density at radius 2 is 2.30 bits per heavy atom. The topological polar surface area (TPSA) is 41.9 Å². The molecule has 1 aliphatic heterocycles. The first-order chi connectivity index (χ1) is 9.67. The number of aliphatic imine (C=N–C) groups is 1. The number of hydrogen-bond acceptors (Lipinski definition) is 4. The minimum atomic E-state index is -0.538. The van der Waals surface area contributed by atoms with E-state index in [1.165, 1.54) is 12.1 Å². The molecule has 1 aromatic rings. The van der Waals surface area contributed by atoms with Crippen molar-refractivity contribution in [2.24, 2.45) is 4.99 Å². The summed E-state index contributed by atoms with van der Waals surface area (Å²) in [6.07, 6.45) is 2.99. The molecular weight excluding hydrogens is 279 g/mol. The number of nitrogens with zero attached hydrogens (tertiary/aromatic N) is 2. The Bertz CT molecular complexity index is 571. The number of unbranched alkanes of at least 4 members (excludes halogenated alkanes) is 2. The first kappa shape index (κ1) is 14.6. The van der Waals surface area contributed by atoms with Gasteiger partial charge in [-0.15, -0.1) is 0 Å². The Morgan fingerprint density at radius 1 is 1.50 bits per heavy atom. The number of carbonyl (C=O) groups excluding carboxylic acids is 1. The maximum absolute atomic E-state index is 13.7. The van der Waals surface area contributed by atoms with Crippen LogP contribution in [0.1, 0.15) is 26.2 Å². The molecule has 1 aliphatic rings. The third-order valence-corrected chi connectivity index (χ3v) is 3.21. The molecule has 0 aromatic heterocycles. The van der Waals surface area contributed by atoms with Gasteiger partial charge in [0, 0.05) is 12.6 Å². The summed E-state index contributed by atoms with van der Waals surface area (Å²) in [5.74, 6) is -0.302. The fourth-order valence-electron chi connectivity index (χ4n) is 2.11. The number of isothiocyanates is 1. The van der Waals surface area contributed by atoms with E-state index >= 15 is 0 Å². The van der Waals surface area contributed by atoms with Crippen LogP contribution in [-0.4, -0.2) is 24.2 Å². The van der Waals surface area contributed by atoms with Gasteiger partial charge in [0.15, 0.2) is 12.4 Å². The van der Waals surface area contributed by atoms with Gasteiger partial charge >= 0.3 is 0 Å². The molecule has 2 rings (SSSR count). The SMILES string of the molecule is CCCCCN1C(=O)COc2cc(F)c(N=C=S)cc21. The van der Waals surface area contributed by atoms with Crippen LogP contribution < -0.4 is 9.64 Å². The van der Waals surface area contributed by atoms with Crippen LogP contribution in [0.4, 0.5) is 15.8 Å². The maximum Gasteiger partial charge on any atom is 0.265 e. The minimum absolute atomic E-state index is 0.0612. The van der Waals surface area contributed by atoms with Gasteiger partial charge in [-0.3, -0.25) is 4.79 Å². The second-order valence-corrected chi connectivity index (χ2v) is 4.70. The van der Waals surface area contributed by atoms with Gasteiger partial charge in [0.25, 0.3) is 5.91 Å². The summed E-state index contributed by atoms with van der Waals surface area (Å²) in [7, 11) is 0. The van der Waals surface area contributed by atoms with Crippen LogP contribution in [0.15, 0.2) is 17.1 Å². The number of rotatable bonds is 5. The molecule has 106 valence electrons. The predicted molar refractivity (Wildman–Crippen MR) is 78.5 cm³/mol. The van der Waals surface area contributed by atoms with Crippen molar-refractivity contribution in [3.63, 3.8) is 0 Å². The molecule has 6 heteroatoms. The van der Waals surface area contributed by atoms with Gasteiger partial charge in [0.05, 0.1) is 10.8 Å². The number of ether oxygens (including phenoxy) is 1. The summed E-state index contributed by atoms with van der Waals surface area (Å²) >= 11 is 4.49. The van der Waals surface area contributed by atoms with Crippen molar-refractivity contribution in [1.82, 2.24) is 0 Å². The molecule has 1 heterocycles. The van der Waals surface area contributed by atoms with Gasteiger partial charge in [0.1, 0.15) is 11.4 Å². The smallest absolute Gasteiger partial charge is 0.265 e. The molecule has 1 amide bonds. The highest BCUT2D eigenvalue weighted by Gasteiger charge is 2.26. The number of benzene rings is 1. The van der Waals surface area contributed by atoms with E-state index in [-0.39, 0.29) is 18.2 Å². The quantitative estimate of drug-likeness (QED) is 0.474. The standard InChI is InChI=1S/C14H15FN2O2S/c1-2-3-4-5-17-12-7-11(16-9-20)10(15)6-13(12)19-8-14(17)18/h6-7H,2-5,8H2,1H3. The van der Waals surface area contributed by atoms with Crippen LogP contribution in [0.3, 0.4) is 0 Å². The lowest BCUT2D eigenvalue weighted by molar-refractivity contribution is -0.121. The Balaban J connectivity index is 2.35. The molecule has 0 unspecified atom stereocenters. The predicted octanol–water partition coefficient (Wildman–Crippen LogP) is 3.48. The van der Waals surface area contributed by atoms with Gasteiger partial charge < -0.3 is 9.64 Å². The third kappa shape index (κ3) is 3.03. The zero-order chi connectivity index (χ0) is 14.5. The van der Waals surface area contributed by atoms with Crippen molar-refractivity contribution < 1.29 is 13.9 Å². The molecule has 0 saturated carbocycles. The van der Waals surface area contributed by atoms with Crippen molar-refractivity contribution in [3.8, 4) is 5.75 Å². The fourth-order valence-corrected chi connectivity index (χ4v) is 2.21. The number of thiocarbonyl (C=S) groups is 1. The van der Waals surface area contributed by atoms with Crippen molar-refractivity contribution in [2.75, 3.05) is 18.1 Å². The van der Waals surface area contributed by atoms with E-state index in [4.69, 9.17) is 4.74 Å². The van der Waals surface area contributed by atoms with Gasteiger partial charge in [0.2, 0.25) is 0 Å². The number of halogens is 1. The molecule has 0 radical (unpaired) electrons. The van der Waals surface area contributed by atoms with Crippen LogP contribution in [0.5, 0.6) is 5.75 Å². The average molecular weight is 294 g/mol. The number of anilines is 1. The molecule has 0 bridgehead atoms. The summed E-state index contributed by atoms with van der Waals surface area (Å²) in [5.41, 5.74) is 0.611. The number of fused-ring (bicyclic) bond motifs is 1. The summed E-state index contributed by atoms with van der Waals surface area (Å²) in [6, 6.07) is 2.72. The molecule has 0 N–H and O–H groups in total. The first-order valence-electron chi connectivity index (χ1n) is 6.52. The molecule has 1 aromatic carbocycles. The normalized spacial score (nSPS) is 13.5. The van der Waals surface area contributed by atoms with Gasteiger partial charge in [-0.25, -0.2) is 4.39 Å². The zero-order valence-electron chi connectivity index (χ0n) is 11.2. The van der Waals surface area contributed by atoms with Gasteiger partial charge in [-0.05, 0) is 24.7 Å². The number of carbonyl (C=O) groups is 1. The first-order valence-corrected chi connectivity index (χ1v) is 6.92. The Morgan fingerprint density at radius 3 is 3.00 bits per heavy atom. The lowest BCUT2D eigenvalue weighted by Crippen LogP contribution is -2.39. The summed E-state index contributed by atoms with van der Waals surface area (Å²) in [6.45, 7) is 2.63. The summed E-state index contributed by atoms with van der Waals surface area (Å²) in [5, 5.41) is 2.13. The summed E-state index contributed by atoms with van der Waals surface area (Å²) in [4.78, 5) is 17.2. The average Bonchev–Trinajstić information content (AvgIpc) is 2.43. The van der Waals surface area contributed by atoms with Crippen LogP contribution in [-0.2, 0) is 4.79 Å². The molecule has 0 atom stereocenters. The van der Waals surface area contributed by atoms with Crippen molar-refractivity contribution in [1.29, 1.82) is 0 Å². The molecule has 0 spiro atoms. The monoisotopic (exact) mass is 294 g/mol. The molecule has 0 fully saturated rings. The van der Waals surface area contributed by atoms with Crippen LogP contribution in [0, 0.1) is 5.82 Å².